The zero-order valence-corrected chi connectivity index (χ0v) is 12.6. The summed E-state index contributed by atoms with van der Waals surface area (Å²) in [5, 5.41) is 0. The van der Waals surface area contributed by atoms with Crippen LogP contribution in [0.3, 0.4) is 0 Å². The van der Waals surface area contributed by atoms with Gasteiger partial charge in [0.15, 0.2) is 0 Å². The monoisotopic (exact) mass is 339 g/mol. The molecule has 1 aliphatic heterocycles. The van der Waals surface area contributed by atoms with E-state index in [9.17, 15) is 14.0 Å². The van der Waals surface area contributed by atoms with E-state index in [4.69, 9.17) is 0 Å². The quantitative estimate of drug-likeness (QED) is 0.729. The van der Waals surface area contributed by atoms with Crippen molar-refractivity contribution in [1.29, 1.82) is 0 Å². The molecule has 0 radical (unpaired) electrons. The maximum absolute atomic E-state index is 13.3. The second-order valence-electron chi connectivity index (χ2n) is 5.78. The molecule has 0 atom stereocenters. The van der Waals surface area contributed by atoms with Crippen molar-refractivity contribution in [3.63, 3.8) is 0 Å². The highest BCUT2D eigenvalue weighted by molar-refractivity contribution is 9.10. The molecule has 0 bridgehead atoms. The summed E-state index contributed by atoms with van der Waals surface area (Å²) in [7, 11) is 0. The minimum absolute atomic E-state index is 0.109. The van der Waals surface area contributed by atoms with Crippen LogP contribution in [0.5, 0.6) is 0 Å². The molecular weight excluding hydrogens is 325 g/mol. The number of anilines is 1. The highest BCUT2D eigenvalue weighted by Gasteiger charge is 2.45. The standard InChI is InChI=1S/C15H15BrFNO2/c16-11-7-10(3-4-12(11)17)18-13(19)8-15(9-14(18)20)5-1-2-6-15/h3-4,7H,1-2,5-6,8-9H2. The highest BCUT2D eigenvalue weighted by Crippen LogP contribution is 2.47. The van der Waals surface area contributed by atoms with Gasteiger partial charge in [0.2, 0.25) is 11.8 Å². The lowest BCUT2D eigenvalue weighted by Crippen LogP contribution is -2.47. The molecule has 2 aliphatic rings. The molecule has 20 heavy (non-hydrogen) atoms. The molecule has 1 aromatic carbocycles. The number of imide groups is 1. The third kappa shape index (κ3) is 2.28. The Balaban J connectivity index is 1.89. The number of halogens is 2. The van der Waals surface area contributed by atoms with Crippen molar-refractivity contribution in [1.82, 2.24) is 0 Å². The molecule has 1 heterocycles. The van der Waals surface area contributed by atoms with Crippen LogP contribution in [0.1, 0.15) is 38.5 Å². The molecule has 0 N–H and O–H groups in total. The van der Waals surface area contributed by atoms with E-state index in [1.54, 1.807) is 0 Å². The van der Waals surface area contributed by atoms with Crippen LogP contribution in [-0.2, 0) is 9.59 Å². The number of nitrogens with zero attached hydrogens (tertiary/aromatic N) is 1. The Morgan fingerprint density at radius 3 is 2.25 bits per heavy atom. The molecule has 2 fully saturated rings. The number of benzene rings is 1. The predicted molar refractivity (Wildman–Crippen MR) is 76.7 cm³/mol. The van der Waals surface area contributed by atoms with Crippen molar-refractivity contribution in [3.05, 3.63) is 28.5 Å². The summed E-state index contributed by atoms with van der Waals surface area (Å²) in [6.45, 7) is 0. The van der Waals surface area contributed by atoms with Crippen LogP contribution < -0.4 is 4.90 Å². The number of hydrogen-bond donors (Lipinski definition) is 0. The van der Waals surface area contributed by atoms with Gasteiger partial charge in [-0.25, -0.2) is 4.39 Å². The zero-order valence-electron chi connectivity index (χ0n) is 11.0. The van der Waals surface area contributed by atoms with Crippen molar-refractivity contribution in [2.45, 2.75) is 38.5 Å². The van der Waals surface area contributed by atoms with E-state index in [0.717, 1.165) is 25.7 Å². The van der Waals surface area contributed by atoms with Gasteiger partial charge in [-0.15, -0.1) is 0 Å². The second kappa shape index (κ2) is 4.95. The summed E-state index contributed by atoms with van der Waals surface area (Å²) in [5.41, 5.74) is 0.336. The average molecular weight is 340 g/mol. The molecular formula is C15H15BrFNO2. The van der Waals surface area contributed by atoms with Crippen LogP contribution in [0.2, 0.25) is 0 Å². The summed E-state index contributed by atoms with van der Waals surface area (Å²) < 4.78 is 13.5. The number of hydrogen-bond acceptors (Lipinski definition) is 2. The fraction of sp³-hybridized carbons (Fsp3) is 0.467. The van der Waals surface area contributed by atoms with E-state index in [1.807, 2.05) is 0 Å². The molecule has 1 spiro atoms. The van der Waals surface area contributed by atoms with E-state index in [-0.39, 0.29) is 21.7 Å². The Kier molecular flexibility index (Phi) is 3.40. The van der Waals surface area contributed by atoms with Gasteiger partial charge in [-0.05, 0) is 52.4 Å². The van der Waals surface area contributed by atoms with E-state index in [0.29, 0.717) is 18.5 Å². The van der Waals surface area contributed by atoms with Crippen LogP contribution in [0.15, 0.2) is 22.7 Å². The Bertz CT molecular complexity index is 561. The average Bonchev–Trinajstić information content (AvgIpc) is 2.80. The third-order valence-corrected chi connectivity index (χ3v) is 4.98. The Morgan fingerprint density at radius 1 is 1.10 bits per heavy atom. The molecule has 1 saturated carbocycles. The molecule has 3 nitrogen and oxygen atoms in total. The lowest BCUT2D eigenvalue weighted by Gasteiger charge is -2.37. The number of carbonyl (C=O) groups excluding carboxylic acids is 2. The normalized spacial score (nSPS) is 21.8. The van der Waals surface area contributed by atoms with Crippen molar-refractivity contribution >= 4 is 33.4 Å². The number of rotatable bonds is 1. The van der Waals surface area contributed by atoms with Crippen LogP contribution in [0, 0.1) is 11.2 Å². The second-order valence-corrected chi connectivity index (χ2v) is 6.64. The Hall–Kier alpha value is -1.23. The van der Waals surface area contributed by atoms with Crippen LogP contribution in [0.4, 0.5) is 10.1 Å². The van der Waals surface area contributed by atoms with Gasteiger partial charge in [0, 0.05) is 12.8 Å². The minimum Gasteiger partial charge on any atom is -0.274 e. The molecule has 5 heteroatoms. The lowest BCUT2D eigenvalue weighted by atomic mass is 9.76. The summed E-state index contributed by atoms with van der Waals surface area (Å²) in [5.74, 6) is -0.735. The summed E-state index contributed by atoms with van der Waals surface area (Å²) in [4.78, 5) is 25.9. The van der Waals surface area contributed by atoms with Crippen molar-refractivity contribution in [2.24, 2.45) is 5.41 Å². The van der Waals surface area contributed by atoms with Crippen molar-refractivity contribution in [2.75, 3.05) is 4.90 Å². The number of piperidine rings is 1. The molecule has 3 rings (SSSR count). The first kappa shape index (κ1) is 13.7. The van der Waals surface area contributed by atoms with Crippen molar-refractivity contribution < 1.29 is 14.0 Å². The Labute approximate surface area is 125 Å². The lowest BCUT2D eigenvalue weighted by molar-refractivity contribution is -0.133. The van der Waals surface area contributed by atoms with Crippen LogP contribution in [0.25, 0.3) is 0 Å². The summed E-state index contributed by atoms with van der Waals surface area (Å²) >= 11 is 3.09. The van der Waals surface area contributed by atoms with E-state index >= 15 is 0 Å². The molecule has 1 aromatic rings. The topological polar surface area (TPSA) is 37.4 Å². The zero-order chi connectivity index (χ0) is 14.3. The van der Waals surface area contributed by atoms with Crippen molar-refractivity contribution in [3.8, 4) is 0 Å². The SMILES string of the molecule is O=C1CC2(CCCC2)CC(=O)N1c1ccc(F)c(Br)c1. The Morgan fingerprint density at radius 2 is 1.70 bits per heavy atom. The first-order chi connectivity index (χ1) is 9.51. The molecule has 106 valence electrons. The van der Waals surface area contributed by atoms with Gasteiger partial charge in [-0.1, -0.05) is 12.8 Å². The largest absolute Gasteiger partial charge is 0.274 e. The smallest absolute Gasteiger partial charge is 0.234 e. The maximum Gasteiger partial charge on any atom is 0.234 e. The maximum atomic E-state index is 13.3. The molecule has 1 aliphatic carbocycles. The third-order valence-electron chi connectivity index (χ3n) is 4.38. The van der Waals surface area contributed by atoms with Gasteiger partial charge < -0.3 is 0 Å². The molecule has 0 unspecified atom stereocenters. The van der Waals surface area contributed by atoms with E-state index in [1.165, 1.54) is 23.1 Å². The van der Waals surface area contributed by atoms with Gasteiger partial charge in [0.05, 0.1) is 10.2 Å². The summed E-state index contributed by atoms with van der Waals surface area (Å²) in [6.07, 6.45) is 4.98. The predicted octanol–water partition coefficient (Wildman–Crippen LogP) is 3.80. The highest BCUT2D eigenvalue weighted by atomic mass is 79.9. The minimum atomic E-state index is -0.405. The fourth-order valence-electron chi connectivity index (χ4n) is 3.39. The first-order valence-electron chi connectivity index (χ1n) is 6.82. The fourth-order valence-corrected chi connectivity index (χ4v) is 3.76. The van der Waals surface area contributed by atoms with Gasteiger partial charge in [0.25, 0.3) is 0 Å². The van der Waals surface area contributed by atoms with E-state index in [2.05, 4.69) is 15.9 Å². The molecule has 1 saturated heterocycles. The van der Waals surface area contributed by atoms with Crippen LogP contribution >= 0.6 is 15.9 Å². The van der Waals surface area contributed by atoms with Gasteiger partial charge in [-0.2, -0.15) is 0 Å². The number of carbonyl (C=O) groups is 2. The summed E-state index contributed by atoms with van der Waals surface area (Å²) in [6, 6.07) is 4.22. The van der Waals surface area contributed by atoms with Gasteiger partial charge in [-0.3, -0.25) is 14.5 Å². The first-order valence-corrected chi connectivity index (χ1v) is 7.61. The molecule has 2 amide bonds. The van der Waals surface area contributed by atoms with E-state index < -0.39 is 5.82 Å². The number of amides is 2. The van der Waals surface area contributed by atoms with Gasteiger partial charge in [0.1, 0.15) is 5.82 Å². The van der Waals surface area contributed by atoms with Gasteiger partial charge >= 0.3 is 0 Å². The molecule has 0 aromatic heterocycles. The van der Waals surface area contributed by atoms with Crippen LogP contribution in [-0.4, -0.2) is 11.8 Å².